The molecule has 0 heterocycles. The molecule has 0 radical (unpaired) electrons. The minimum Gasteiger partial charge on any atom is -0.303 e. The van der Waals surface area contributed by atoms with Gasteiger partial charge >= 0.3 is 0 Å². The number of aldehydes is 1. The van der Waals surface area contributed by atoms with Crippen LogP contribution in [-0.4, -0.2) is 6.29 Å². The van der Waals surface area contributed by atoms with Gasteiger partial charge in [0, 0.05) is 6.42 Å². The lowest BCUT2D eigenvalue weighted by Gasteiger charge is -2.03. The number of carbonyl (C=O) groups is 1. The molecular formula is C19H38O. The molecule has 120 valence electrons. The van der Waals surface area contributed by atoms with E-state index in [1.165, 1.54) is 96.3 Å². The lowest BCUT2D eigenvalue weighted by Crippen LogP contribution is -1.84. The van der Waals surface area contributed by atoms with Crippen LogP contribution in [0.3, 0.4) is 0 Å². The smallest absolute Gasteiger partial charge is 0.119 e. The summed E-state index contributed by atoms with van der Waals surface area (Å²) in [5.41, 5.74) is 0. The van der Waals surface area contributed by atoms with Crippen molar-refractivity contribution in [2.75, 3.05) is 0 Å². The van der Waals surface area contributed by atoms with E-state index in [2.05, 4.69) is 6.92 Å². The zero-order valence-electron chi connectivity index (χ0n) is 14.0. The van der Waals surface area contributed by atoms with E-state index in [4.69, 9.17) is 0 Å². The Morgan fingerprint density at radius 2 is 0.800 bits per heavy atom. The summed E-state index contributed by atoms with van der Waals surface area (Å²) < 4.78 is 0. The number of rotatable bonds is 17. The normalized spacial score (nSPS) is 10.8. The number of unbranched alkanes of at least 4 members (excludes halogenated alkanes) is 16. The van der Waals surface area contributed by atoms with Crippen molar-refractivity contribution in [1.29, 1.82) is 0 Å². The molecular weight excluding hydrogens is 244 g/mol. The van der Waals surface area contributed by atoms with E-state index in [1.807, 2.05) is 0 Å². The highest BCUT2D eigenvalue weighted by Gasteiger charge is 1.94. The Hall–Kier alpha value is -0.330. The van der Waals surface area contributed by atoms with Gasteiger partial charge in [-0.1, -0.05) is 103 Å². The lowest BCUT2D eigenvalue weighted by atomic mass is 10.0. The van der Waals surface area contributed by atoms with E-state index >= 15 is 0 Å². The number of carbonyl (C=O) groups excluding carboxylic acids is 1. The van der Waals surface area contributed by atoms with Crippen LogP contribution in [0.1, 0.15) is 116 Å². The number of hydrogen-bond acceptors (Lipinski definition) is 1. The Kier molecular flexibility index (Phi) is 18.4. The maximum Gasteiger partial charge on any atom is 0.119 e. The summed E-state index contributed by atoms with van der Waals surface area (Å²) in [6.07, 6.45) is 24.1. The first-order chi connectivity index (χ1) is 9.91. The molecule has 0 saturated heterocycles. The molecule has 0 rings (SSSR count). The molecule has 0 fully saturated rings. The Bertz CT molecular complexity index is 177. The molecule has 0 aliphatic carbocycles. The standard InChI is InChI=1S/C19H38O/c1-2-3-4-5-6-7-8-9-10-11-12-13-14-15-16-17-18-19-20/h19H,2-18H2,1H3. The zero-order chi connectivity index (χ0) is 14.7. The van der Waals surface area contributed by atoms with Gasteiger partial charge < -0.3 is 4.79 Å². The third-order valence-electron chi connectivity index (χ3n) is 4.18. The second-order valence-corrected chi connectivity index (χ2v) is 6.26. The summed E-state index contributed by atoms with van der Waals surface area (Å²) in [6, 6.07) is 0. The first-order valence-electron chi connectivity index (χ1n) is 9.35. The Morgan fingerprint density at radius 1 is 0.500 bits per heavy atom. The fourth-order valence-electron chi connectivity index (χ4n) is 2.78. The average Bonchev–Trinajstić information content (AvgIpc) is 2.47. The van der Waals surface area contributed by atoms with Gasteiger partial charge in [-0.05, 0) is 6.42 Å². The third kappa shape index (κ3) is 17.7. The van der Waals surface area contributed by atoms with Crippen molar-refractivity contribution >= 4 is 6.29 Å². The molecule has 0 N–H and O–H groups in total. The minimum absolute atomic E-state index is 0.762. The van der Waals surface area contributed by atoms with Crippen LogP contribution in [0.2, 0.25) is 0 Å². The van der Waals surface area contributed by atoms with Gasteiger partial charge in [0.15, 0.2) is 0 Å². The van der Waals surface area contributed by atoms with Crippen molar-refractivity contribution in [3.63, 3.8) is 0 Å². The maximum absolute atomic E-state index is 10.2. The first kappa shape index (κ1) is 19.7. The molecule has 0 amide bonds. The van der Waals surface area contributed by atoms with Crippen LogP contribution in [0.4, 0.5) is 0 Å². The van der Waals surface area contributed by atoms with Crippen molar-refractivity contribution in [3.8, 4) is 0 Å². The van der Waals surface area contributed by atoms with Crippen LogP contribution < -0.4 is 0 Å². The van der Waals surface area contributed by atoms with Crippen molar-refractivity contribution in [2.24, 2.45) is 0 Å². The highest BCUT2D eigenvalue weighted by Crippen LogP contribution is 2.13. The molecule has 0 unspecified atom stereocenters. The largest absolute Gasteiger partial charge is 0.303 e. The molecule has 0 aliphatic rings. The summed E-state index contributed by atoms with van der Waals surface area (Å²) >= 11 is 0. The van der Waals surface area contributed by atoms with Crippen LogP contribution in [0, 0.1) is 0 Å². The van der Waals surface area contributed by atoms with E-state index < -0.39 is 0 Å². The van der Waals surface area contributed by atoms with Crippen molar-refractivity contribution in [2.45, 2.75) is 116 Å². The molecule has 1 nitrogen and oxygen atoms in total. The molecule has 0 saturated carbocycles. The SMILES string of the molecule is CCCCCCCCCCCCCCCCCCC=O. The van der Waals surface area contributed by atoms with Crippen LogP contribution in [0.25, 0.3) is 0 Å². The second-order valence-electron chi connectivity index (χ2n) is 6.26. The minimum atomic E-state index is 0.762. The fourth-order valence-corrected chi connectivity index (χ4v) is 2.78. The van der Waals surface area contributed by atoms with E-state index in [0.29, 0.717) is 0 Å². The molecule has 0 spiro atoms. The van der Waals surface area contributed by atoms with Crippen molar-refractivity contribution < 1.29 is 4.79 Å². The number of hydrogen-bond donors (Lipinski definition) is 0. The van der Waals surface area contributed by atoms with Crippen LogP contribution >= 0.6 is 0 Å². The molecule has 0 aromatic rings. The fraction of sp³-hybridized carbons (Fsp3) is 0.947. The third-order valence-corrected chi connectivity index (χ3v) is 4.18. The maximum atomic E-state index is 10.2. The lowest BCUT2D eigenvalue weighted by molar-refractivity contribution is -0.107. The van der Waals surface area contributed by atoms with Gasteiger partial charge in [-0.15, -0.1) is 0 Å². The topological polar surface area (TPSA) is 17.1 Å². The molecule has 0 aromatic carbocycles. The van der Waals surface area contributed by atoms with Gasteiger partial charge in [-0.3, -0.25) is 0 Å². The molecule has 1 heteroatoms. The predicted octanol–water partition coefficient (Wildman–Crippen LogP) is 6.84. The van der Waals surface area contributed by atoms with Gasteiger partial charge in [0.2, 0.25) is 0 Å². The summed E-state index contributed by atoms with van der Waals surface area (Å²) in [5.74, 6) is 0. The van der Waals surface area contributed by atoms with E-state index in [1.54, 1.807) is 0 Å². The monoisotopic (exact) mass is 282 g/mol. The Morgan fingerprint density at radius 3 is 1.10 bits per heavy atom. The van der Waals surface area contributed by atoms with Crippen LogP contribution in [-0.2, 0) is 4.79 Å². The van der Waals surface area contributed by atoms with Crippen LogP contribution in [0.5, 0.6) is 0 Å². The van der Waals surface area contributed by atoms with Gasteiger partial charge in [-0.2, -0.15) is 0 Å². The Balaban J connectivity index is 2.90. The van der Waals surface area contributed by atoms with Gasteiger partial charge in [0.1, 0.15) is 6.29 Å². The second kappa shape index (κ2) is 18.7. The average molecular weight is 283 g/mol. The van der Waals surface area contributed by atoms with Crippen LogP contribution in [0.15, 0.2) is 0 Å². The first-order valence-corrected chi connectivity index (χ1v) is 9.35. The summed E-state index contributed by atoms with van der Waals surface area (Å²) in [4.78, 5) is 10.2. The molecule has 0 bridgehead atoms. The summed E-state index contributed by atoms with van der Waals surface area (Å²) in [6.45, 7) is 2.28. The van der Waals surface area contributed by atoms with E-state index in [9.17, 15) is 4.79 Å². The van der Waals surface area contributed by atoms with E-state index in [-0.39, 0.29) is 0 Å². The van der Waals surface area contributed by atoms with E-state index in [0.717, 1.165) is 19.1 Å². The molecule has 0 atom stereocenters. The molecule has 20 heavy (non-hydrogen) atoms. The van der Waals surface area contributed by atoms with Gasteiger partial charge in [0.25, 0.3) is 0 Å². The van der Waals surface area contributed by atoms with Gasteiger partial charge in [0.05, 0.1) is 0 Å². The van der Waals surface area contributed by atoms with Gasteiger partial charge in [-0.25, -0.2) is 0 Å². The highest BCUT2D eigenvalue weighted by atomic mass is 16.1. The summed E-state index contributed by atoms with van der Waals surface area (Å²) in [5, 5.41) is 0. The van der Waals surface area contributed by atoms with Crippen molar-refractivity contribution in [1.82, 2.24) is 0 Å². The zero-order valence-corrected chi connectivity index (χ0v) is 14.0. The predicted molar refractivity (Wildman–Crippen MR) is 90.2 cm³/mol. The molecule has 0 aromatic heterocycles. The van der Waals surface area contributed by atoms with Crippen molar-refractivity contribution in [3.05, 3.63) is 0 Å². The quantitative estimate of drug-likeness (QED) is 0.211. The Labute approximate surface area is 127 Å². The highest BCUT2D eigenvalue weighted by molar-refractivity contribution is 5.48. The summed E-state index contributed by atoms with van der Waals surface area (Å²) in [7, 11) is 0. The molecule has 0 aliphatic heterocycles.